The fraction of sp³-hybridized carbons (Fsp3) is 0.273. The van der Waals surface area contributed by atoms with E-state index in [-0.39, 0.29) is 23.3 Å². The zero-order chi connectivity index (χ0) is 20.0. The van der Waals surface area contributed by atoms with Crippen molar-refractivity contribution < 1.29 is 9.59 Å². The number of rotatable bonds is 3. The molecule has 1 aliphatic rings. The number of hydrogen-bond acceptors (Lipinski definition) is 2. The van der Waals surface area contributed by atoms with E-state index >= 15 is 0 Å². The van der Waals surface area contributed by atoms with E-state index in [1.807, 2.05) is 32.0 Å². The molecular weight excluding hydrogens is 395 g/mol. The zero-order valence-electron chi connectivity index (χ0n) is 15.7. The molecule has 0 unspecified atom stereocenters. The van der Waals surface area contributed by atoms with Gasteiger partial charge in [-0.15, -0.1) is 0 Å². The minimum atomic E-state index is -0.266. The molecule has 1 heterocycles. The van der Waals surface area contributed by atoms with Crippen LogP contribution in [0, 0.1) is 19.8 Å². The van der Waals surface area contributed by atoms with Crippen LogP contribution in [0.1, 0.15) is 40.9 Å². The summed E-state index contributed by atoms with van der Waals surface area (Å²) in [5, 5.41) is 4.55. The lowest BCUT2D eigenvalue weighted by Crippen LogP contribution is -2.27. The highest BCUT2D eigenvalue weighted by atomic mass is 35.5. The number of fused-ring (bicyclic) bond motifs is 1. The lowest BCUT2D eigenvalue weighted by atomic mass is 9.85. The van der Waals surface area contributed by atoms with Crippen LogP contribution in [0.25, 0.3) is 10.9 Å². The maximum atomic E-state index is 13.3. The van der Waals surface area contributed by atoms with Crippen molar-refractivity contribution in [1.29, 1.82) is 0 Å². The van der Waals surface area contributed by atoms with E-state index in [9.17, 15) is 9.59 Å². The molecule has 28 heavy (non-hydrogen) atoms. The van der Waals surface area contributed by atoms with Gasteiger partial charge in [0.25, 0.3) is 5.91 Å². The molecule has 0 bridgehead atoms. The molecule has 1 aromatic heterocycles. The molecule has 1 N–H and O–H groups in total. The summed E-state index contributed by atoms with van der Waals surface area (Å²) in [4.78, 5) is 25.5. The monoisotopic (exact) mass is 414 g/mol. The number of carbonyl (C=O) groups excluding carboxylic acids is 2. The van der Waals surface area contributed by atoms with Gasteiger partial charge in [-0.05, 0) is 62.6 Å². The van der Waals surface area contributed by atoms with Gasteiger partial charge >= 0.3 is 0 Å². The molecule has 1 saturated carbocycles. The third-order valence-electron chi connectivity index (χ3n) is 5.64. The van der Waals surface area contributed by atoms with Gasteiger partial charge in [-0.2, -0.15) is 0 Å². The first-order valence-corrected chi connectivity index (χ1v) is 10.1. The van der Waals surface area contributed by atoms with E-state index in [1.165, 1.54) is 0 Å². The van der Waals surface area contributed by atoms with Gasteiger partial charge in [0.1, 0.15) is 0 Å². The lowest BCUT2D eigenvalue weighted by molar-refractivity contribution is -0.122. The molecule has 1 amide bonds. The van der Waals surface area contributed by atoms with Crippen molar-refractivity contribution >= 4 is 51.6 Å². The van der Waals surface area contributed by atoms with Gasteiger partial charge in [0.15, 0.2) is 0 Å². The van der Waals surface area contributed by atoms with Gasteiger partial charge in [-0.1, -0.05) is 35.7 Å². The molecule has 0 radical (unpaired) electrons. The quantitative estimate of drug-likeness (QED) is 0.571. The highest BCUT2D eigenvalue weighted by molar-refractivity contribution is 6.40. The van der Waals surface area contributed by atoms with E-state index < -0.39 is 0 Å². The van der Waals surface area contributed by atoms with Gasteiger partial charge in [-0.25, -0.2) is 0 Å². The molecule has 2 aromatic carbocycles. The smallest absolute Gasteiger partial charge is 0.265 e. The largest absolute Gasteiger partial charge is 0.326 e. The Hall–Kier alpha value is -2.30. The minimum absolute atomic E-state index is 0.0679. The van der Waals surface area contributed by atoms with Crippen LogP contribution in [0.15, 0.2) is 36.4 Å². The summed E-state index contributed by atoms with van der Waals surface area (Å²) in [6.45, 7) is 3.86. The molecule has 6 heteroatoms. The van der Waals surface area contributed by atoms with Crippen LogP contribution >= 0.6 is 23.2 Å². The maximum Gasteiger partial charge on any atom is 0.265 e. The normalized spacial score (nSPS) is 14.1. The minimum Gasteiger partial charge on any atom is -0.326 e. The molecule has 1 aliphatic carbocycles. The van der Waals surface area contributed by atoms with E-state index in [0.717, 1.165) is 47.1 Å². The van der Waals surface area contributed by atoms with Crippen LogP contribution in [0.5, 0.6) is 0 Å². The summed E-state index contributed by atoms with van der Waals surface area (Å²) in [6.07, 6.45) is 3.02. The van der Waals surface area contributed by atoms with E-state index in [4.69, 9.17) is 23.2 Å². The van der Waals surface area contributed by atoms with Crippen molar-refractivity contribution in [3.05, 3.63) is 63.3 Å². The number of benzene rings is 2. The SMILES string of the molecule is Cc1c(C)n(C(=O)c2c(Cl)cccc2Cl)c2ccc(NC(=O)C3CCC3)cc12. The average Bonchev–Trinajstić information content (AvgIpc) is 2.84. The standard InChI is InChI=1S/C22H20Cl2N2O2/c1-12-13(2)26(22(28)20-17(23)7-4-8-18(20)24)19-10-9-15(11-16(12)19)25-21(27)14-5-3-6-14/h4,7-11,14H,3,5-6H2,1-2H3,(H,25,27). The van der Waals surface area contributed by atoms with Crippen LogP contribution in [-0.4, -0.2) is 16.4 Å². The van der Waals surface area contributed by atoms with Gasteiger partial charge < -0.3 is 5.32 Å². The Morgan fingerprint density at radius 1 is 1.07 bits per heavy atom. The van der Waals surface area contributed by atoms with E-state index in [1.54, 1.807) is 22.8 Å². The van der Waals surface area contributed by atoms with Gasteiger partial charge in [0.2, 0.25) is 5.91 Å². The number of nitrogens with one attached hydrogen (secondary N) is 1. The van der Waals surface area contributed by atoms with Crippen LogP contribution in [0.3, 0.4) is 0 Å². The summed E-state index contributed by atoms with van der Waals surface area (Å²) < 4.78 is 1.63. The number of carbonyl (C=O) groups is 2. The van der Waals surface area contributed by atoms with Crippen molar-refractivity contribution in [3.8, 4) is 0 Å². The molecule has 0 atom stereocenters. The highest BCUT2D eigenvalue weighted by Gasteiger charge is 2.26. The summed E-state index contributed by atoms with van der Waals surface area (Å²) >= 11 is 12.5. The Balaban J connectivity index is 1.76. The second-order valence-electron chi connectivity index (χ2n) is 7.30. The van der Waals surface area contributed by atoms with Gasteiger partial charge in [0, 0.05) is 22.7 Å². The van der Waals surface area contributed by atoms with Crippen LogP contribution in [0.2, 0.25) is 10.0 Å². The molecule has 3 aromatic rings. The number of amides is 1. The molecule has 4 nitrogen and oxygen atoms in total. The first kappa shape index (κ1) is 19.0. The Bertz CT molecular complexity index is 1090. The number of aromatic nitrogens is 1. The van der Waals surface area contributed by atoms with Crippen LogP contribution in [0.4, 0.5) is 5.69 Å². The third-order valence-corrected chi connectivity index (χ3v) is 6.27. The second-order valence-corrected chi connectivity index (χ2v) is 8.11. The van der Waals surface area contributed by atoms with Crippen molar-refractivity contribution in [2.24, 2.45) is 5.92 Å². The number of hydrogen-bond donors (Lipinski definition) is 1. The number of halogens is 2. The third kappa shape index (κ3) is 3.11. The fourth-order valence-corrected chi connectivity index (χ4v) is 4.20. The average molecular weight is 415 g/mol. The molecule has 144 valence electrons. The fourth-order valence-electron chi connectivity index (χ4n) is 3.64. The summed E-state index contributed by atoms with van der Waals surface area (Å²) in [6, 6.07) is 10.6. The first-order chi connectivity index (χ1) is 13.4. The first-order valence-electron chi connectivity index (χ1n) is 9.29. The van der Waals surface area contributed by atoms with Crippen molar-refractivity contribution in [1.82, 2.24) is 4.57 Å². The zero-order valence-corrected chi connectivity index (χ0v) is 17.2. The summed E-state index contributed by atoms with van der Waals surface area (Å²) in [7, 11) is 0. The summed E-state index contributed by atoms with van der Waals surface area (Å²) in [5.41, 5.74) is 3.59. The lowest BCUT2D eigenvalue weighted by Gasteiger charge is -2.24. The second kappa shape index (κ2) is 7.26. The predicted octanol–water partition coefficient (Wildman–Crippen LogP) is 5.99. The Labute approximate surface area is 173 Å². The van der Waals surface area contributed by atoms with Crippen LogP contribution < -0.4 is 5.32 Å². The molecule has 1 fully saturated rings. The van der Waals surface area contributed by atoms with E-state index in [0.29, 0.717) is 10.0 Å². The summed E-state index contributed by atoms with van der Waals surface area (Å²) in [5.74, 6) is -0.0807. The van der Waals surface area contributed by atoms with Gasteiger partial charge in [-0.3, -0.25) is 14.2 Å². The van der Waals surface area contributed by atoms with Crippen molar-refractivity contribution in [2.75, 3.05) is 5.32 Å². The molecule has 4 rings (SSSR count). The van der Waals surface area contributed by atoms with E-state index in [2.05, 4.69) is 5.32 Å². The number of anilines is 1. The van der Waals surface area contributed by atoms with Crippen molar-refractivity contribution in [3.63, 3.8) is 0 Å². The van der Waals surface area contributed by atoms with Crippen molar-refractivity contribution in [2.45, 2.75) is 33.1 Å². The topological polar surface area (TPSA) is 51.1 Å². The molecule has 0 spiro atoms. The maximum absolute atomic E-state index is 13.3. The molecular formula is C22H20Cl2N2O2. The number of aryl methyl sites for hydroxylation is 1. The predicted molar refractivity (Wildman–Crippen MR) is 114 cm³/mol. The number of nitrogens with zero attached hydrogens (tertiary/aromatic N) is 1. The highest BCUT2D eigenvalue weighted by Crippen LogP contribution is 2.33. The molecule has 0 saturated heterocycles. The van der Waals surface area contributed by atoms with Crippen LogP contribution in [-0.2, 0) is 4.79 Å². The Morgan fingerprint density at radius 2 is 1.75 bits per heavy atom. The Morgan fingerprint density at radius 3 is 2.36 bits per heavy atom. The molecule has 0 aliphatic heterocycles. The van der Waals surface area contributed by atoms with Gasteiger partial charge in [0.05, 0.1) is 21.1 Å². The Kier molecular flexibility index (Phi) is 4.94.